The molecule has 3 N–H and O–H groups in total. The predicted octanol–water partition coefficient (Wildman–Crippen LogP) is 0.685. The molecule has 1 amide bonds. The Morgan fingerprint density at radius 1 is 1.11 bits per heavy atom. The van der Waals surface area contributed by atoms with Crippen LogP contribution in [0.1, 0.15) is 16.7 Å². The van der Waals surface area contributed by atoms with E-state index in [1.165, 1.54) is 7.11 Å². The number of methoxy groups -OCH3 is 1. The molecule has 0 aromatic heterocycles. The van der Waals surface area contributed by atoms with Gasteiger partial charge in [-0.2, -0.15) is 0 Å². The predicted molar refractivity (Wildman–Crippen MR) is 100 cm³/mol. The number of hydrogen-bond donors (Lipinski definition) is 3. The summed E-state index contributed by atoms with van der Waals surface area (Å²) in [6, 6.07) is 13.2. The van der Waals surface area contributed by atoms with Crippen molar-refractivity contribution in [1.29, 1.82) is 0 Å². The zero-order valence-electron chi connectivity index (χ0n) is 15.2. The first-order valence-corrected chi connectivity index (χ1v) is 8.41. The Hall–Kier alpha value is -2.84. The highest BCUT2D eigenvalue weighted by atomic mass is 16.6. The van der Waals surface area contributed by atoms with Gasteiger partial charge in [-0.25, -0.2) is 9.59 Å². The Bertz CT molecular complexity index is 781. The second-order valence-electron chi connectivity index (χ2n) is 6.05. The average molecular weight is 371 g/mol. The van der Waals surface area contributed by atoms with Gasteiger partial charge in [-0.1, -0.05) is 54.1 Å². The number of esters is 1. The zero-order chi connectivity index (χ0) is 19.8. The Kier molecular flexibility index (Phi) is 7.39. The molecule has 0 fully saturated rings. The van der Waals surface area contributed by atoms with Crippen LogP contribution in [0.5, 0.6) is 0 Å². The first-order valence-electron chi connectivity index (χ1n) is 8.41. The van der Waals surface area contributed by atoms with Crippen molar-refractivity contribution < 1.29 is 29.1 Å². The van der Waals surface area contributed by atoms with Crippen LogP contribution >= 0.6 is 0 Å². The molecule has 0 heterocycles. The lowest BCUT2D eigenvalue weighted by molar-refractivity contribution is -0.143. The fourth-order valence-corrected chi connectivity index (χ4v) is 2.63. The van der Waals surface area contributed by atoms with E-state index in [4.69, 9.17) is 9.47 Å². The molecule has 2 aromatic carbocycles. The number of alkyl carbamates (subject to hydrolysis) is 1. The van der Waals surface area contributed by atoms with Crippen LogP contribution in [-0.4, -0.2) is 42.4 Å². The highest BCUT2D eigenvalue weighted by Gasteiger charge is 2.23. The fourth-order valence-electron chi connectivity index (χ4n) is 2.63. The summed E-state index contributed by atoms with van der Waals surface area (Å²) in [6.07, 6.45) is -0.552. The zero-order valence-corrected chi connectivity index (χ0v) is 15.2. The molecular weight excluding hydrogens is 349 g/mol. The Morgan fingerprint density at radius 3 is 2.41 bits per heavy atom. The van der Waals surface area contributed by atoms with E-state index in [2.05, 4.69) is 5.32 Å². The van der Waals surface area contributed by atoms with Gasteiger partial charge in [-0.15, -0.1) is 0 Å². The maximum absolute atomic E-state index is 12.0. The molecule has 0 aliphatic rings. The van der Waals surface area contributed by atoms with Crippen LogP contribution in [0.2, 0.25) is 0 Å². The molecule has 2 rings (SSSR count). The molecule has 2 aromatic rings. The second-order valence-corrected chi connectivity index (χ2v) is 6.05. The first kappa shape index (κ1) is 20.5. The maximum atomic E-state index is 12.0. The van der Waals surface area contributed by atoms with E-state index < -0.39 is 25.2 Å². The lowest BCUT2D eigenvalue weighted by atomic mass is 9.76. The Labute approximate surface area is 158 Å². The van der Waals surface area contributed by atoms with E-state index in [1.54, 1.807) is 25.1 Å². The molecule has 0 aliphatic carbocycles. The molecule has 0 bridgehead atoms. The molecule has 0 radical (unpaired) electrons. The number of carbonyl (C=O) groups excluding carboxylic acids is 2. The van der Waals surface area contributed by atoms with Crippen molar-refractivity contribution in [1.82, 2.24) is 5.32 Å². The van der Waals surface area contributed by atoms with Gasteiger partial charge >= 0.3 is 19.2 Å². The Morgan fingerprint density at radius 2 is 1.81 bits per heavy atom. The maximum Gasteiger partial charge on any atom is 0.488 e. The summed E-state index contributed by atoms with van der Waals surface area (Å²) >= 11 is 0. The normalized spacial score (nSPS) is 11.4. The van der Waals surface area contributed by atoms with Crippen LogP contribution in [-0.2, 0) is 27.3 Å². The number of ether oxygens (including phenoxy) is 2. The largest absolute Gasteiger partial charge is 0.488 e. The highest BCUT2D eigenvalue weighted by Crippen LogP contribution is 2.08. The lowest BCUT2D eigenvalue weighted by Gasteiger charge is -2.17. The van der Waals surface area contributed by atoms with E-state index in [9.17, 15) is 19.6 Å². The monoisotopic (exact) mass is 371 g/mol. The van der Waals surface area contributed by atoms with Crippen molar-refractivity contribution in [3.8, 4) is 0 Å². The van der Waals surface area contributed by atoms with E-state index in [1.807, 2.05) is 30.3 Å². The minimum absolute atomic E-state index is 0.0861. The average Bonchev–Trinajstić information content (AvgIpc) is 2.65. The van der Waals surface area contributed by atoms with Crippen LogP contribution in [0.15, 0.2) is 48.5 Å². The molecule has 0 saturated heterocycles. The van der Waals surface area contributed by atoms with Crippen molar-refractivity contribution in [2.45, 2.75) is 26.0 Å². The van der Waals surface area contributed by atoms with Crippen LogP contribution in [0.3, 0.4) is 0 Å². The number of hydrogen-bond acceptors (Lipinski definition) is 6. The summed E-state index contributed by atoms with van der Waals surface area (Å²) < 4.78 is 9.89. The third kappa shape index (κ3) is 6.12. The van der Waals surface area contributed by atoms with E-state index >= 15 is 0 Å². The summed E-state index contributed by atoms with van der Waals surface area (Å²) in [5.74, 6) is -0.601. The summed E-state index contributed by atoms with van der Waals surface area (Å²) in [5.41, 5.74) is 2.60. The molecule has 0 spiro atoms. The van der Waals surface area contributed by atoms with Crippen molar-refractivity contribution in [3.05, 3.63) is 65.2 Å². The summed E-state index contributed by atoms with van der Waals surface area (Å²) in [7, 11) is -0.329. The number of rotatable bonds is 7. The minimum Gasteiger partial charge on any atom is -0.467 e. The molecule has 1 unspecified atom stereocenters. The molecule has 7 nitrogen and oxygen atoms in total. The van der Waals surface area contributed by atoms with Crippen molar-refractivity contribution in [3.63, 3.8) is 0 Å². The molecule has 27 heavy (non-hydrogen) atoms. The van der Waals surface area contributed by atoms with Crippen LogP contribution in [0, 0.1) is 6.92 Å². The van der Waals surface area contributed by atoms with E-state index in [0.717, 1.165) is 11.1 Å². The second kappa shape index (κ2) is 9.75. The Balaban J connectivity index is 2.01. The van der Waals surface area contributed by atoms with Crippen molar-refractivity contribution in [2.75, 3.05) is 7.11 Å². The van der Waals surface area contributed by atoms with Gasteiger partial charge in [0.25, 0.3) is 0 Å². The summed E-state index contributed by atoms with van der Waals surface area (Å²) in [6.45, 7) is 1.82. The molecule has 0 aliphatic heterocycles. The quantitative estimate of drug-likeness (QED) is 0.489. The SMILES string of the molecule is COC(=O)C(Cc1ccc(B(O)O)c(C)c1)NC(=O)OCc1ccccc1. The van der Waals surface area contributed by atoms with Gasteiger partial charge in [-0.3, -0.25) is 0 Å². The van der Waals surface area contributed by atoms with Gasteiger partial charge in [0.05, 0.1) is 7.11 Å². The summed E-state index contributed by atoms with van der Waals surface area (Å²) in [5, 5.41) is 21.1. The molecule has 1 atom stereocenters. The standard InChI is InChI=1S/C19H22BNO6/c1-13-10-15(8-9-16(13)20(24)25)11-17(18(22)26-2)21-19(23)27-12-14-6-4-3-5-7-14/h3-10,17,24-25H,11-12H2,1-2H3,(H,21,23). The third-order valence-electron chi connectivity index (χ3n) is 4.04. The highest BCUT2D eigenvalue weighted by molar-refractivity contribution is 6.59. The topological polar surface area (TPSA) is 105 Å². The number of carbonyl (C=O) groups is 2. The van der Waals surface area contributed by atoms with Crippen LogP contribution < -0.4 is 10.8 Å². The van der Waals surface area contributed by atoms with E-state index in [0.29, 0.717) is 11.0 Å². The number of aryl methyl sites for hydroxylation is 1. The minimum atomic E-state index is -1.57. The molecule has 8 heteroatoms. The third-order valence-corrected chi connectivity index (χ3v) is 4.04. The van der Waals surface area contributed by atoms with Crippen LogP contribution in [0.4, 0.5) is 4.79 Å². The van der Waals surface area contributed by atoms with Gasteiger partial charge in [0.1, 0.15) is 12.6 Å². The van der Waals surface area contributed by atoms with Gasteiger partial charge in [-0.05, 0) is 23.5 Å². The van der Waals surface area contributed by atoms with Gasteiger partial charge < -0.3 is 24.8 Å². The van der Waals surface area contributed by atoms with E-state index in [-0.39, 0.29) is 13.0 Å². The number of benzene rings is 2. The smallest absolute Gasteiger partial charge is 0.467 e. The molecular formula is C19H22BNO6. The first-order chi connectivity index (χ1) is 12.9. The van der Waals surface area contributed by atoms with Crippen LogP contribution in [0.25, 0.3) is 0 Å². The lowest BCUT2D eigenvalue weighted by Crippen LogP contribution is -2.43. The number of amides is 1. The van der Waals surface area contributed by atoms with Crippen molar-refractivity contribution in [2.24, 2.45) is 0 Å². The fraction of sp³-hybridized carbons (Fsp3) is 0.263. The van der Waals surface area contributed by atoms with Gasteiger partial charge in [0, 0.05) is 6.42 Å². The number of nitrogens with one attached hydrogen (secondary N) is 1. The van der Waals surface area contributed by atoms with Crippen molar-refractivity contribution >= 4 is 24.6 Å². The van der Waals surface area contributed by atoms with Gasteiger partial charge in [0.15, 0.2) is 0 Å². The van der Waals surface area contributed by atoms with Gasteiger partial charge in [0.2, 0.25) is 0 Å². The molecule has 142 valence electrons. The summed E-state index contributed by atoms with van der Waals surface area (Å²) in [4.78, 5) is 24.1. The molecule has 0 saturated carbocycles.